The third-order valence-corrected chi connectivity index (χ3v) is 2.27. The van der Waals surface area contributed by atoms with E-state index in [9.17, 15) is 4.79 Å². The van der Waals surface area contributed by atoms with Gasteiger partial charge in [-0.2, -0.15) is 0 Å². The third kappa shape index (κ3) is 2.64. The molecule has 1 aromatic carbocycles. The predicted molar refractivity (Wildman–Crippen MR) is 62.5 cm³/mol. The lowest BCUT2D eigenvalue weighted by molar-refractivity contribution is 0.0601. The topological polar surface area (TPSA) is 75.8 Å². The molecule has 0 saturated heterocycles. The quantitative estimate of drug-likeness (QED) is 0.575. The van der Waals surface area contributed by atoms with Crippen molar-refractivity contribution < 1.29 is 14.6 Å². The zero-order chi connectivity index (χ0) is 12.1. The maximum atomic E-state index is 11.5. The zero-order valence-electron chi connectivity index (χ0n) is 9.43. The first-order valence-electron chi connectivity index (χ1n) is 4.90. The smallest absolute Gasteiger partial charge is 0.340 e. The van der Waals surface area contributed by atoms with Gasteiger partial charge in [-0.05, 0) is 18.2 Å². The van der Waals surface area contributed by atoms with Crippen LogP contribution in [0.25, 0.3) is 0 Å². The fourth-order valence-corrected chi connectivity index (χ4v) is 1.43. The van der Waals surface area contributed by atoms with Gasteiger partial charge >= 0.3 is 5.97 Å². The number of anilines is 2. The molecule has 88 valence electrons. The van der Waals surface area contributed by atoms with E-state index in [1.54, 1.807) is 30.1 Å². The van der Waals surface area contributed by atoms with Gasteiger partial charge in [0.1, 0.15) is 0 Å². The van der Waals surface area contributed by atoms with Crippen LogP contribution in [0.1, 0.15) is 10.4 Å². The number of rotatable bonds is 4. The molecule has 0 aromatic heterocycles. The van der Waals surface area contributed by atoms with Gasteiger partial charge in [0.2, 0.25) is 0 Å². The van der Waals surface area contributed by atoms with Crippen molar-refractivity contribution >= 4 is 17.3 Å². The van der Waals surface area contributed by atoms with Gasteiger partial charge in [-0.3, -0.25) is 0 Å². The lowest BCUT2D eigenvalue weighted by Gasteiger charge is -2.20. The Kier molecular flexibility index (Phi) is 4.13. The largest absolute Gasteiger partial charge is 0.465 e. The standard InChI is InChI=1S/C11H16N2O3/c1-13(5-6-14)10-4-3-8(12)7-9(10)11(15)16-2/h3-4,7,14H,5-6,12H2,1-2H3. The zero-order valence-corrected chi connectivity index (χ0v) is 9.43. The minimum Gasteiger partial charge on any atom is -0.465 e. The second-order valence-electron chi connectivity index (χ2n) is 3.41. The number of nitrogens with two attached hydrogens (primary N) is 1. The van der Waals surface area contributed by atoms with Crippen LogP contribution in [0.15, 0.2) is 18.2 Å². The van der Waals surface area contributed by atoms with Crippen molar-refractivity contribution in [3.8, 4) is 0 Å². The second-order valence-corrected chi connectivity index (χ2v) is 3.41. The van der Waals surface area contributed by atoms with E-state index in [1.165, 1.54) is 7.11 Å². The Bertz CT molecular complexity index is 379. The molecular formula is C11H16N2O3. The van der Waals surface area contributed by atoms with Crippen molar-refractivity contribution in [3.05, 3.63) is 23.8 Å². The maximum Gasteiger partial charge on any atom is 0.340 e. The van der Waals surface area contributed by atoms with Gasteiger partial charge in [-0.15, -0.1) is 0 Å². The highest BCUT2D eigenvalue weighted by Gasteiger charge is 2.14. The lowest BCUT2D eigenvalue weighted by atomic mass is 10.1. The fourth-order valence-electron chi connectivity index (χ4n) is 1.43. The number of methoxy groups -OCH3 is 1. The summed E-state index contributed by atoms with van der Waals surface area (Å²) in [6, 6.07) is 5.00. The molecule has 1 aromatic rings. The second kappa shape index (κ2) is 5.37. The first-order valence-corrected chi connectivity index (χ1v) is 4.90. The van der Waals surface area contributed by atoms with Gasteiger partial charge in [0.05, 0.1) is 25.0 Å². The summed E-state index contributed by atoms with van der Waals surface area (Å²) in [5, 5.41) is 8.86. The molecule has 5 heteroatoms. The number of hydrogen-bond donors (Lipinski definition) is 2. The molecule has 0 bridgehead atoms. The van der Waals surface area contributed by atoms with Crippen LogP contribution in [-0.4, -0.2) is 38.4 Å². The minimum atomic E-state index is -0.438. The molecule has 16 heavy (non-hydrogen) atoms. The van der Waals surface area contributed by atoms with E-state index in [0.29, 0.717) is 23.5 Å². The Hall–Kier alpha value is -1.75. The number of hydrogen-bond acceptors (Lipinski definition) is 5. The fraction of sp³-hybridized carbons (Fsp3) is 0.364. The summed E-state index contributed by atoms with van der Waals surface area (Å²) in [5.41, 5.74) is 7.21. The van der Waals surface area contributed by atoms with E-state index in [1.807, 2.05) is 0 Å². The van der Waals surface area contributed by atoms with Crippen molar-refractivity contribution in [2.24, 2.45) is 0 Å². The highest BCUT2D eigenvalue weighted by Crippen LogP contribution is 2.22. The predicted octanol–water partition coefficient (Wildman–Crippen LogP) is 0.484. The Balaban J connectivity index is 3.11. The van der Waals surface area contributed by atoms with Gasteiger partial charge in [0.15, 0.2) is 0 Å². The van der Waals surface area contributed by atoms with E-state index >= 15 is 0 Å². The number of nitrogen functional groups attached to an aromatic ring is 1. The number of aliphatic hydroxyl groups excluding tert-OH is 1. The molecule has 0 aliphatic rings. The van der Waals surface area contributed by atoms with Crippen LogP contribution >= 0.6 is 0 Å². The van der Waals surface area contributed by atoms with E-state index in [4.69, 9.17) is 10.8 Å². The normalized spacial score (nSPS) is 9.94. The van der Waals surface area contributed by atoms with Crippen LogP contribution in [0.4, 0.5) is 11.4 Å². The van der Waals surface area contributed by atoms with Gasteiger partial charge in [-0.25, -0.2) is 4.79 Å². The maximum absolute atomic E-state index is 11.5. The van der Waals surface area contributed by atoms with Crippen molar-refractivity contribution in [1.29, 1.82) is 0 Å². The highest BCUT2D eigenvalue weighted by atomic mass is 16.5. The van der Waals surface area contributed by atoms with Gasteiger partial charge in [-0.1, -0.05) is 0 Å². The number of nitrogens with zero attached hydrogens (tertiary/aromatic N) is 1. The number of carbonyl (C=O) groups excluding carboxylic acids is 1. The van der Waals surface area contributed by atoms with E-state index in [2.05, 4.69) is 4.74 Å². The number of esters is 1. The number of benzene rings is 1. The molecule has 0 aliphatic heterocycles. The number of carbonyl (C=O) groups is 1. The van der Waals surface area contributed by atoms with E-state index in [-0.39, 0.29) is 6.61 Å². The number of likely N-dealkylation sites (N-methyl/N-ethyl adjacent to an activating group) is 1. The molecule has 0 aliphatic carbocycles. The molecule has 0 fully saturated rings. The summed E-state index contributed by atoms with van der Waals surface area (Å²) in [5.74, 6) is -0.438. The Morgan fingerprint density at radius 2 is 2.25 bits per heavy atom. The molecule has 0 spiro atoms. The van der Waals surface area contributed by atoms with Crippen molar-refractivity contribution in [3.63, 3.8) is 0 Å². The average Bonchev–Trinajstić information content (AvgIpc) is 2.28. The molecule has 3 N–H and O–H groups in total. The van der Waals surface area contributed by atoms with Crippen molar-refractivity contribution in [2.45, 2.75) is 0 Å². The van der Waals surface area contributed by atoms with Crippen molar-refractivity contribution in [2.75, 3.05) is 37.9 Å². The summed E-state index contributed by atoms with van der Waals surface area (Å²) in [7, 11) is 3.11. The van der Waals surface area contributed by atoms with Crippen molar-refractivity contribution in [1.82, 2.24) is 0 Å². The molecular weight excluding hydrogens is 208 g/mol. The van der Waals surface area contributed by atoms with Gasteiger partial charge in [0.25, 0.3) is 0 Å². The molecule has 0 radical (unpaired) electrons. The summed E-state index contributed by atoms with van der Waals surface area (Å²) in [6.45, 7) is 0.454. The average molecular weight is 224 g/mol. The monoisotopic (exact) mass is 224 g/mol. The highest BCUT2D eigenvalue weighted by molar-refractivity contribution is 5.96. The van der Waals surface area contributed by atoms with Crippen LogP contribution in [0.5, 0.6) is 0 Å². The molecule has 1 rings (SSSR count). The van der Waals surface area contributed by atoms with Crippen LogP contribution in [-0.2, 0) is 4.74 Å². The Labute approximate surface area is 94.4 Å². The van der Waals surface area contributed by atoms with Crippen LogP contribution < -0.4 is 10.6 Å². The molecule has 0 amide bonds. The van der Waals surface area contributed by atoms with E-state index < -0.39 is 5.97 Å². The summed E-state index contributed by atoms with van der Waals surface area (Å²) >= 11 is 0. The third-order valence-electron chi connectivity index (χ3n) is 2.27. The molecule has 0 atom stereocenters. The number of ether oxygens (including phenoxy) is 1. The van der Waals surface area contributed by atoms with E-state index in [0.717, 1.165) is 0 Å². The van der Waals surface area contributed by atoms with Crippen LogP contribution in [0.2, 0.25) is 0 Å². The first-order chi connectivity index (χ1) is 7.60. The van der Waals surface area contributed by atoms with Gasteiger partial charge < -0.3 is 20.5 Å². The Morgan fingerprint density at radius 1 is 1.56 bits per heavy atom. The van der Waals surface area contributed by atoms with Crippen LogP contribution in [0.3, 0.4) is 0 Å². The summed E-state index contributed by atoms with van der Waals surface area (Å²) < 4.78 is 4.68. The minimum absolute atomic E-state index is 0.0154. The summed E-state index contributed by atoms with van der Waals surface area (Å²) in [4.78, 5) is 13.3. The summed E-state index contributed by atoms with van der Waals surface area (Å²) in [6.07, 6.45) is 0. The van der Waals surface area contributed by atoms with Crippen LogP contribution in [0, 0.1) is 0 Å². The number of aliphatic hydroxyl groups is 1. The molecule has 0 heterocycles. The molecule has 5 nitrogen and oxygen atoms in total. The lowest BCUT2D eigenvalue weighted by Crippen LogP contribution is -2.23. The SMILES string of the molecule is COC(=O)c1cc(N)ccc1N(C)CCO. The molecule has 0 unspecified atom stereocenters. The Morgan fingerprint density at radius 3 is 2.81 bits per heavy atom. The van der Waals surface area contributed by atoms with Gasteiger partial charge in [0, 0.05) is 19.3 Å². The molecule has 0 saturated carbocycles. The first kappa shape index (κ1) is 12.3.